The number of rotatable bonds is 5. The van der Waals surface area contributed by atoms with Crippen LogP contribution in [-0.2, 0) is 10.0 Å². The summed E-state index contributed by atoms with van der Waals surface area (Å²) >= 11 is 5.88. The summed E-state index contributed by atoms with van der Waals surface area (Å²) in [6.45, 7) is 2.07. The summed E-state index contributed by atoms with van der Waals surface area (Å²) in [5, 5.41) is 0.527. The normalized spacial score (nSPS) is 20.7. The van der Waals surface area contributed by atoms with Gasteiger partial charge in [0, 0.05) is 29.8 Å². The Morgan fingerprint density at radius 1 is 1.08 bits per heavy atom. The molecule has 2 aromatic rings. The van der Waals surface area contributed by atoms with Gasteiger partial charge in [-0.05, 0) is 61.7 Å². The summed E-state index contributed by atoms with van der Waals surface area (Å²) in [5.74, 6) is 0. The second kappa shape index (κ2) is 7.99. The first-order valence-corrected chi connectivity index (χ1v) is 10.8. The van der Waals surface area contributed by atoms with Crippen LogP contribution in [0, 0.1) is 6.92 Å². The van der Waals surface area contributed by atoms with E-state index in [0.29, 0.717) is 5.02 Å². The predicted octanol–water partition coefficient (Wildman–Crippen LogP) is 4.37. The topological polar surface area (TPSA) is 49.4 Å². The zero-order valence-electron chi connectivity index (χ0n) is 15.2. The zero-order chi connectivity index (χ0) is 18.7. The molecule has 1 saturated carbocycles. The molecule has 0 radical (unpaired) electrons. The lowest BCUT2D eigenvalue weighted by molar-refractivity contribution is 0.351. The van der Waals surface area contributed by atoms with Crippen LogP contribution in [0.15, 0.2) is 53.4 Å². The van der Waals surface area contributed by atoms with Gasteiger partial charge in [-0.15, -0.1) is 0 Å². The summed E-state index contributed by atoms with van der Waals surface area (Å²) in [6, 6.07) is 14.6. The molecule has 0 spiro atoms. The van der Waals surface area contributed by atoms with E-state index in [0.717, 1.165) is 31.4 Å². The number of hydrogen-bond acceptors (Lipinski definition) is 3. The van der Waals surface area contributed by atoms with Crippen molar-refractivity contribution in [3.05, 3.63) is 59.1 Å². The molecule has 26 heavy (non-hydrogen) atoms. The van der Waals surface area contributed by atoms with Crippen LogP contribution in [0.3, 0.4) is 0 Å². The van der Waals surface area contributed by atoms with E-state index in [9.17, 15) is 8.42 Å². The number of hydrogen-bond donors (Lipinski definition) is 1. The van der Waals surface area contributed by atoms with Gasteiger partial charge in [-0.25, -0.2) is 13.1 Å². The second-order valence-electron chi connectivity index (χ2n) is 6.98. The number of likely N-dealkylation sites (N-methyl/N-ethyl adjacent to an activating group) is 1. The minimum absolute atomic E-state index is 0.116. The maximum Gasteiger partial charge on any atom is 0.240 e. The van der Waals surface area contributed by atoms with Crippen LogP contribution >= 0.6 is 11.6 Å². The van der Waals surface area contributed by atoms with Crippen molar-refractivity contribution in [1.82, 2.24) is 4.72 Å². The van der Waals surface area contributed by atoms with E-state index in [1.807, 2.05) is 13.1 Å². The van der Waals surface area contributed by atoms with Crippen molar-refractivity contribution in [2.45, 2.75) is 49.6 Å². The maximum absolute atomic E-state index is 12.8. The maximum atomic E-state index is 12.8. The van der Waals surface area contributed by atoms with E-state index in [1.54, 1.807) is 24.3 Å². The fourth-order valence-corrected chi connectivity index (χ4v) is 5.06. The second-order valence-corrected chi connectivity index (χ2v) is 9.13. The van der Waals surface area contributed by atoms with Crippen molar-refractivity contribution in [2.24, 2.45) is 0 Å². The number of nitrogens with zero attached hydrogens (tertiary/aromatic N) is 1. The number of anilines is 1. The van der Waals surface area contributed by atoms with Gasteiger partial charge in [-0.2, -0.15) is 0 Å². The first-order valence-electron chi connectivity index (χ1n) is 8.94. The monoisotopic (exact) mass is 392 g/mol. The number of nitrogens with one attached hydrogen (secondary N) is 1. The lowest BCUT2D eigenvalue weighted by Gasteiger charge is -2.39. The molecular formula is C20H25ClN2O2S. The van der Waals surface area contributed by atoms with E-state index in [-0.39, 0.29) is 17.0 Å². The van der Waals surface area contributed by atoms with Gasteiger partial charge in [-0.3, -0.25) is 0 Å². The van der Waals surface area contributed by atoms with E-state index in [4.69, 9.17) is 11.6 Å². The number of aryl methyl sites for hydroxylation is 1. The quantitative estimate of drug-likeness (QED) is 0.821. The molecule has 140 valence electrons. The Balaban J connectivity index is 1.81. The number of halogens is 1. The minimum Gasteiger partial charge on any atom is -0.370 e. The highest BCUT2D eigenvalue weighted by atomic mass is 35.5. The van der Waals surface area contributed by atoms with Crippen molar-refractivity contribution < 1.29 is 8.42 Å². The van der Waals surface area contributed by atoms with Gasteiger partial charge in [0.25, 0.3) is 0 Å². The van der Waals surface area contributed by atoms with Crippen molar-refractivity contribution in [3.8, 4) is 0 Å². The van der Waals surface area contributed by atoms with Gasteiger partial charge in [0.2, 0.25) is 10.0 Å². The molecule has 0 aliphatic heterocycles. The van der Waals surface area contributed by atoms with Crippen LogP contribution in [0.4, 0.5) is 5.69 Å². The molecule has 1 N–H and O–H groups in total. The lowest BCUT2D eigenvalue weighted by Crippen LogP contribution is -2.52. The van der Waals surface area contributed by atoms with E-state index < -0.39 is 10.0 Å². The molecule has 0 aromatic heterocycles. The lowest BCUT2D eigenvalue weighted by atomic mass is 9.89. The van der Waals surface area contributed by atoms with Crippen LogP contribution in [-0.4, -0.2) is 27.5 Å². The van der Waals surface area contributed by atoms with Crippen LogP contribution in [0.2, 0.25) is 5.02 Å². The van der Waals surface area contributed by atoms with Crippen molar-refractivity contribution >= 4 is 27.3 Å². The fourth-order valence-electron chi connectivity index (χ4n) is 3.63. The summed E-state index contributed by atoms with van der Waals surface area (Å²) in [7, 11) is -1.52. The van der Waals surface area contributed by atoms with Crippen molar-refractivity contribution in [3.63, 3.8) is 0 Å². The molecule has 4 nitrogen and oxygen atoms in total. The van der Waals surface area contributed by atoms with Crippen LogP contribution in [0.25, 0.3) is 0 Å². The van der Waals surface area contributed by atoms with E-state index >= 15 is 0 Å². The molecule has 0 unspecified atom stereocenters. The molecule has 0 bridgehead atoms. The van der Waals surface area contributed by atoms with E-state index in [2.05, 4.69) is 34.7 Å². The molecule has 1 aliphatic carbocycles. The third kappa shape index (κ3) is 4.40. The Labute approximate surface area is 161 Å². The highest BCUT2D eigenvalue weighted by molar-refractivity contribution is 7.89. The van der Waals surface area contributed by atoms with Gasteiger partial charge in [0.15, 0.2) is 0 Å². The Bertz CT molecular complexity index is 852. The van der Waals surface area contributed by atoms with Gasteiger partial charge >= 0.3 is 0 Å². The Morgan fingerprint density at radius 2 is 1.77 bits per heavy atom. The molecule has 3 rings (SSSR count). The smallest absolute Gasteiger partial charge is 0.240 e. The SMILES string of the molecule is Cc1cccc(N(C)[C@H]2CCCC[C@H]2NS(=O)(=O)c2ccc(Cl)cc2)c1. The van der Waals surface area contributed by atoms with Gasteiger partial charge < -0.3 is 4.90 Å². The highest BCUT2D eigenvalue weighted by Crippen LogP contribution is 2.28. The molecule has 6 heteroatoms. The third-order valence-electron chi connectivity index (χ3n) is 5.07. The van der Waals surface area contributed by atoms with Gasteiger partial charge in [0.1, 0.15) is 0 Å². The average molecular weight is 393 g/mol. The highest BCUT2D eigenvalue weighted by Gasteiger charge is 2.32. The molecular weight excluding hydrogens is 368 g/mol. The minimum atomic E-state index is -3.57. The summed E-state index contributed by atoms with van der Waals surface area (Å²) < 4.78 is 28.5. The first kappa shape index (κ1) is 19.2. The Hall–Kier alpha value is -1.56. The van der Waals surface area contributed by atoms with E-state index in [1.165, 1.54) is 5.56 Å². The molecule has 1 fully saturated rings. The van der Waals surface area contributed by atoms with Crippen LogP contribution in [0.1, 0.15) is 31.2 Å². The third-order valence-corrected chi connectivity index (χ3v) is 6.82. The van der Waals surface area contributed by atoms with Gasteiger partial charge in [0.05, 0.1) is 4.90 Å². The molecule has 1 aliphatic rings. The van der Waals surface area contributed by atoms with Crippen LogP contribution in [0.5, 0.6) is 0 Å². The first-order chi connectivity index (χ1) is 12.4. The molecule has 0 heterocycles. The Kier molecular flexibility index (Phi) is 5.90. The van der Waals surface area contributed by atoms with Crippen molar-refractivity contribution in [2.75, 3.05) is 11.9 Å². The zero-order valence-corrected chi connectivity index (χ0v) is 16.7. The molecule has 2 atom stereocenters. The molecule has 2 aromatic carbocycles. The Morgan fingerprint density at radius 3 is 2.46 bits per heavy atom. The largest absolute Gasteiger partial charge is 0.370 e. The summed E-state index contributed by atoms with van der Waals surface area (Å²) in [5.41, 5.74) is 2.32. The predicted molar refractivity (Wildman–Crippen MR) is 107 cm³/mol. The summed E-state index contributed by atoms with van der Waals surface area (Å²) in [6.07, 6.45) is 3.96. The van der Waals surface area contributed by atoms with Crippen molar-refractivity contribution in [1.29, 1.82) is 0 Å². The fraction of sp³-hybridized carbons (Fsp3) is 0.400. The molecule has 0 amide bonds. The number of benzene rings is 2. The van der Waals surface area contributed by atoms with Crippen LogP contribution < -0.4 is 9.62 Å². The number of sulfonamides is 1. The summed E-state index contributed by atoms with van der Waals surface area (Å²) in [4.78, 5) is 2.46. The average Bonchev–Trinajstić information content (AvgIpc) is 2.62. The molecule has 0 saturated heterocycles. The van der Waals surface area contributed by atoms with Gasteiger partial charge in [-0.1, -0.05) is 36.6 Å². The standard InChI is InChI=1S/C20H25ClN2O2S/c1-15-6-5-7-17(14-15)23(2)20-9-4-3-8-19(20)22-26(24,25)18-12-10-16(21)11-13-18/h5-7,10-14,19-20,22H,3-4,8-9H2,1-2H3/t19-,20+/m1/s1.